The van der Waals surface area contributed by atoms with E-state index in [1.54, 1.807) is 13.3 Å². The van der Waals surface area contributed by atoms with Crippen LogP contribution in [0.3, 0.4) is 0 Å². The maximum atomic E-state index is 12.7. The van der Waals surface area contributed by atoms with E-state index in [4.69, 9.17) is 4.74 Å². The number of hydrogen-bond donors (Lipinski definition) is 0. The van der Waals surface area contributed by atoms with Crippen LogP contribution in [-0.2, 0) is 0 Å². The first-order chi connectivity index (χ1) is 13.7. The Bertz CT molecular complexity index is 963. The molecule has 0 atom stereocenters. The third-order valence-electron chi connectivity index (χ3n) is 4.89. The first-order valence-corrected chi connectivity index (χ1v) is 9.92. The van der Waals surface area contributed by atoms with Crippen molar-refractivity contribution in [1.82, 2.24) is 14.5 Å². The first kappa shape index (κ1) is 18.6. The number of nitrogens with zero attached hydrogens (tertiary/aromatic N) is 4. The highest BCUT2D eigenvalue weighted by atomic mass is 79.9. The van der Waals surface area contributed by atoms with Crippen LogP contribution in [0, 0.1) is 0 Å². The molecule has 144 valence electrons. The average Bonchev–Trinajstić information content (AvgIpc) is 3.24. The fourth-order valence-electron chi connectivity index (χ4n) is 3.38. The van der Waals surface area contributed by atoms with Crippen molar-refractivity contribution in [3.63, 3.8) is 0 Å². The van der Waals surface area contributed by atoms with Gasteiger partial charge in [0.2, 0.25) is 5.95 Å². The fraction of sp³-hybridized carbons (Fsp3) is 0.238. The molecule has 0 aliphatic carbocycles. The molecule has 1 aliphatic heterocycles. The second kappa shape index (κ2) is 8.06. The van der Waals surface area contributed by atoms with E-state index in [1.165, 1.54) is 0 Å². The quantitative estimate of drug-likeness (QED) is 0.621. The Hall–Kier alpha value is -2.80. The Kier molecular flexibility index (Phi) is 5.34. The number of anilines is 1. The van der Waals surface area contributed by atoms with Gasteiger partial charge in [-0.15, -0.1) is 0 Å². The molecule has 0 bridgehead atoms. The van der Waals surface area contributed by atoms with Crippen LogP contribution in [0.2, 0.25) is 0 Å². The van der Waals surface area contributed by atoms with Crippen molar-refractivity contribution in [2.24, 2.45) is 0 Å². The molecule has 1 aromatic heterocycles. The van der Waals surface area contributed by atoms with E-state index in [9.17, 15) is 4.79 Å². The molecule has 2 heterocycles. The summed E-state index contributed by atoms with van der Waals surface area (Å²) in [6.45, 7) is 2.81. The molecule has 0 N–H and O–H groups in total. The van der Waals surface area contributed by atoms with Gasteiger partial charge in [0.15, 0.2) is 0 Å². The fourth-order valence-corrected chi connectivity index (χ4v) is 3.64. The van der Waals surface area contributed by atoms with Crippen LogP contribution in [0.25, 0.3) is 5.69 Å². The summed E-state index contributed by atoms with van der Waals surface area (Å²) in [5, 5.41) is 0. The second-order valence-electron chi connectivity index (χ2n) is 6.58. The van der Waals surface area contributed by atoms with Crippen molar-refractivity contribution in [1.29, 1.82) is 0 Å². The number of rotatable bonds is 4. The van der Waals surface area contributed by atoms with Gasteiger partial charge in [-0.3, -0.25) is 9.36 Å². The van der Waals surface area contributed by atoms with Crippen molar-refractivity contribution in [3.05, 3.63) is 71.0 Å². The zero-order valence-corrected chi connectivity index (χ0v) is 17.2. The van der Waals surface area contributed by atoms with Gasteiger partial charge in [-0.25, -0.2) is 4.98 Å². The van der Waals surface area contributed by atoms with Crippen molar-refractivity contribution in [2.45, 2.75) is 0 Å². The number of carbonyl (C=O) groups excluding carboxylic acids is 1. The molecule has 2 aromatic carbocycles. The summed E-state index contributed by atoms with van der Waals surface area (Å²) in [5.41, 5.74) is 1.72. The molecular weight excluding hydrogens is 420 g/mol. The number of piperazine rings is 1. The van der Waals surface area contributed by atoms with Crippen LogP contribution < -0.4 is 9.64 Å². The molecule has 7 heteroatoms. The van der Waals surface area contributed by atoms with E-state index in [1.807, 2.05) is 59.6 Å². The van der Waals surface area contributed by atoms with Gasteiger partial charge < -0.3 is 14.5 Å². The van der Waals surface area contributed by atoms with E-state index >= 15 is 0 Å². The minimum absolute atomic E-state index is 0.0725. The van der Waals surface area contributed by atoms with E-state index in [2.05, 4.69) is 30.4 Å². The number of amides is 1. The largest absolute Gasteiger partial charge is 0.497 e. The zero-order valence-electron chi connectivity index (χ0n) is 15.6. The topological polar surface area (TPSA) is 50.6 Å². The summed E-state index contributed by atoms with van der Waals surface area (Å²) in [7, 11) is 1.66. The van der Waals surface area contributed by atoms with Gasteiger partial charge in [0.25, 0.3) is 5.91 Å². The Labute approximate surface area is 172 Å². The number of aromatic nitrogens is 2. The zero-order chi connectivity index (χ0) is 19.5. The molecule has 0 spiro atoms. The smallest absolute Gasteiger partial charge is 0.253 e. The number of ether oxygens (including phenoxy) is 1. The predicted octanol–water partition coefficient (Wildman–Crippen LogP) is 3.61. The first-order valence-electron chi connectivity index (χ1n) is 9.13. The van der Waals surface area contributed by atoms with Gasteiger partial charge in [-0.05, 0) is 36.4 Å². The minimum atomic E-state index is 0.0725. The summed E-state index contributed by atoms with van der Waals surface area (Å²) in [6, 6.07) is 15.4. The molecular formula is C21H21BrN4O2. The van der Waals surface area contributed by atoms with E-state index < -0.39 is 0 Å². The monoisotopic (exact) mass is 440 g/mol. The number of imidazole rings is 1. The van der Waals surface area contributed by atoms with Gasteiger partial charge in [0.05, 0.1) is 12.8 Å². The summed E-state index contributed by atoms with van der Waals surface area (Å²) < 4.78 is 8.35. The Morgan fingerprint density at radius 1 is 1.07 bits per heavy atom. The molecule has 6 nitrogen and oxygen atoms in total. The van der Waals surface area contributed by atoms with Gasteiger partial charge >= 0.3 is 0 Å². The molecule has 1 aliphatic rings. The van der Waals surface area contributed by atoms with Crippen LogP contribution in [0.4, 0.5) is 5.95 Å². The summed E-state index contributed by atoms with van der Waals surface area (Å²) in [5.74, 6) is 1.76. The van der Waals surface area contributed by atoms with Crippen LogP contribution in [-0.4, -0.2) is 53.6 Å². The second-order valence-corrected chi connectivity index (χ2v) is 7.50. The van der Waals surface area contributed by atoms with Crippen molar-refractivity contribution in [3.8, 4) is 11.4 Å². The maximum absolute atomic E-state index is 12.7. The van der Waals surface area contributed by atoms with Crippen LogP contribution in [0.5, 0.6) is 5.75 Å². The number of benzene rings is 2. The molecule has 0 unspecified atom stereocenters. The number of halogens is 1. The Morgan fingerprint density at radius 2 is 1.82 bits per heavy atom. The van der Waals surface area contributed by atoms with E-state index in [0.29, 0.717) is 13.1 Å². The van der Waals surface area contributed by atoms with Gasteiger partial charge in [-0.2, -0.15) is 0 Å². The summed E-state index contributed by atoms with van der Waals surface area (Å²) in [6.07, 6.45) is 3.75. The SMILES string of the molecule is COc1cccc(-n2ccnc2N2CCN(C(=O)c3ccc(Br)cc3)CC2)c1. The lowest BCUT2D eigenvalue weighted by molar-refractivity contribution is 0.0746. The Balaban J connectivity index is 1.47. The highest BCUT2D eigenvalue weighted by Gasteiger charge is 2.24. The van der Waals surface area contributed by atoms with Crippen molar-refractivity contribution < 1.29 is 9.53 Å². The summed E-state index contributed by atoms with van der Waals surface area (Å²) in [4.78, 5) is 21.4. The van der Waals surface area contributed by atoms with Gasteiger partial charge in [0.1, 0.15) is 5.75 Å². The van der Waals surface area contributed by atoms with E-state index in [-0.39, 0.29) is 5.91 Å². The maximum Gasteiger partial charge on any atom is 0.253 e. The lowest BCUT2D eigenvalue weighted by atomic mass is 10.2. The standard InChI is InChI=1S/C21H21BrN4O2/c1-28-19-4-2-3-18(15-19)26-10-9-23-21(26)25-13-11-24(12-14-25)20(27)16-5-7-17(22)8-6-16/h2-10,15H,11-14H2,1H3. The Morgan fingerprint density at radius 3 is 2.54 bits per heavy atom. The average molecular weight is 441 g/mol. The third-order valence-corrected chi connectivity index (χ3v) is 5.42. The predicted molar refractivity (Wildman–Crippen MR) is 112 cm³/mol. The van der Waals surface area contributed by atoms with Crippen LogP contribution in [0.1, 0.15) is 10.4 Å². The van der Waals surface area contributed by atoms with Gasteiger partial charge in [0, 0.05) is 54.7 Å². The van der Waals surface area contributed by atoms with Crippen LogP contribution in [0.15, 0.2) is 65.4 Å². The molecule has 1 fully saturated rings. The van der Waals surface area contributed by atoms with Crippen LogP contribution >= 0.6 is 15.9 Å². The molecule has 28 heavy (non-hydrogen) atoms. The molecule has 3 aromatic rings. The molecule has 1 saturated heterocycles. The lowest BCUT2D eigenvalue weighted by Gasteiger charge is -2.35. The highest BCUT2D eigenvalue weighted by molar-refractivity contribution is 9.10. The summed E-state index contributed by atoms with van der Waals surface area (Å²) >= 11 is 3.41. The molecule has 4 rings (SSSR count). The number of hydrogen-bond acceptors (Lipinski definition) is 4. The lowest BCUT2D eigenvalue weighted by Crippen LogP contribution is -2.49. The third kappa shape index (κ3) is 3.75. The van der Waals surface area contributed by atoms with Crippen molar-refractivity contribution in [2.75, 3.05) is 38.2 Å². The van der Waals surface area contributed by atoms with Crippen molar-refractivity contribution >= 4 is 27.8 Å². The van der Waals surface area contributed by atoms with E-state index in [0.717, 1.165) is 40.5 Å². The number of methoxy groups -OCH3 is 1. The molecule has 1 amide bonds. The normalized spacial score (nSPS) is 14.2. The number of carbonyl (C=O) groups is 1. The highest BCUT2D eigenvalue weighted by Crippen LogP contribution is 2.23. The van der Waals surface area contributed by atoms with Gasteiger partial charge in [-0.1, -0.05) is 22.0 Å². The minimum Gasteiger partial charge on any atom is -0.497 e. The molecule has 0 radical (unpaired) electrons. The molecule has 0 saturated carbocycles.